The predicted octanol–water partition coefficient (Wildman–Crippen LogP) is 6.09. The molecule has 184 valence electrons. The Morgan fingerprint density at radius 2 is 0.844 bits per heavy atom. The third-order valence-corrected chi connectivity index (χ3v) is 16.6. The molecule has 0 atom stereocenters. The van der Waals surface area contributed by atoms with Crippen molar-refractivity contribution in [2.24, 2.45) is 0 Å². The predicted molar refractivity (Wildman–Crippen MR) is 148 cm³/mol. The van der Waals surface area contributed by atoms with E-state index in [-0.39, 0.29) is 0 Å². The van der Waals surface area contributed by atoms with Gasteiger partial charge in [0.2, 0.25) is 0 Å². The molecule has 1 heterocycles. The van der Waals surface area contributed by atoms with Crippen LogP contribution in [-0.2, 0) is 16.5 Å². The van der Waals surface area contributed by atoms with Gasteiger partial charge in [-0.3, -0.25) is 0 Å². The zero-order chi connectivity index (χ0) is 23.4. The molecule has 32 heavy (non-hydrogen) atoms. The summed E-state index contributed by atoms with van der Waals surface area (Å²) >= 11 is 0. The highest BCUT2D eigenvalue weighted by atomic mass is 28.5. The Morgan fingerprint density at radius 1 is 0.531 bits per heavy atom. The number of unbranched alkanes of at least 4 members (excludes halogenated alkanes) is 8. The third kappa shape index (κ3) is 12.8. The number of rotatable bonds is 16. The van der Waals surface area contributed by atoms with Crippen LogP contribution in [-0.4, -0.2) is 37.1 Å². The zero-order valence-corrected chi connectivity index (χ0v) is 26.0. The lowest BCUT2D eigenvalue weighted by atomic mass is 10.2. The van der Waals surface area contributed by atoms with Gasteiger partial charge in [0.1, 0.15) is 0 Å². The molecule has 0 bridgehead atoms. The second kappa shape index (κ2) is 19.0. The molecule has 0 aromatic carbocycles. The van der Waals surface area contributed by atoms with Gasteiger partial charge < -0.3 is 16.5 Å². The van der Waals surface area contributed by atoms with Gasteiger partial charge in [-0.2, -0.15) is 0 Å². The van der Waals surface area contributed by atoms with Crippen LogP contribution < -0.4 is 0 Å². The van der Waals surface area contributed by atoms with Crippen molar-refractivity contribution < 1.29 is 16.5 Å². The van der Waals surface area contributed by atoms with Crippen molar-refractivity contribution in [2.45, 2.75) is 105 Å². The van der Waals surface area contributed by atoms with Crippen molar-refractivity contribution in [3.63, 3.8) is 0 Å². The minimum atomic E-state index is -2.71. The van der Waals surface area contributed by atoms with Crippen LogP contribution in [0.4, 0.5) is 0 Å². The average molecular weight is 513 g/mol. The van der Waals surface area contributed by atoms with Crippen molar-refractivity contribution in [3.8, 4) is 0 Å². The number of allylic oxidation sites excluding steroid dienone is 4. The van der Waals surface area contributed by atoms with Gasteiger partial charge >= 0.3 is 17.1 Å². The fourth-order valence-electron chi connectivity index (χ4n) is 3.33. The van der Waals surface area contributed by atoms with E-state index in [9.17, 15) is 0 Å². The van der Waals surface area contributed by atoms with Crippen molar-refractivity contribution in [1.29, 1.82) is 0 Å². The topological polar surface area (TPSA) is 36.9 Å². The summed E-state index contributed by atoms with van der Waals surface area (Å²) in [5.41, 5.74) is 9.00. The van der Waals surface area contributed by atoms with Crippen molar-refractivity contribution in [1.82, 2.24) is 0 Å². The average Bonchev–Trinajstić information content (AvgIpc) is 2.78. The molecule has 0 amide bonds. The number of hydrogen-bond donors (Lipinski definition) is 0. The molecule has 1 saturated heterocycles. The van der Waals surface area contributed by atoms with Crippen LogP contribution >= 0.6 is 0 Å². The Bertz CT molecular complexity index is 494. The lowest BCUT2D eigenvalue weighted by Crippen LogP contribution is -2.55. The lowest BCUT2D eigenvalue weighted by Gasteiger charge is -2.37. The minimum absolute atomic E-state index is 1.06. The summed E-state index contributed by atoms with van der Waals surface area (Å²) in [4.78, 5) is 0. The summed E-state index contributed by atoms with van der Waals surface area (Å²) in [5.74, 6) is 0. The van der Waals surface area contributed by atoms with E-state index in [1.165, 1.54) is 51.4 Å². The van der Waals surface area contributed by atoms with Crippen LogP contribution in [0, 0.1) is 0 Å². The van der Waals surface area contributed by atoms with Crippen molar-refractivity contribution in [2.75, 3.05) is 0 Å². The van der Waals surface area contributed by atoms with E-state index in [4.69, 9.17) is 16.5 Å². The highest BCUT2D eigenvalue weighted by Crippen LogP contribution is 2.25. The second-order valence-electron chi connectivity index (χ2n) is 8.45. The van der Waals surface area contributed by atoms with E-state index >= 15 is 0 Å². The van der Waals surface area contributed by atoms with E-state index in [0.717, 1.165) is 25.7 Å². The molecule has 8 heteroatoms. The first-order chi connectivity index (χ1) is 15.7. The molecule has 1 aliphatic rings. The normalized spacial score (nSPS) is 26.9. The molecule has 0 saturated carbocycles. The Labute approximate surface area is 205 Å². The molecule has 0 unspecified atom stereocenters. The maximum Gasteiger partial charge on any atom is 0.373 e. The molecule has 1 fully saturated rings. The van der Waals surface area contributed by atoms with Crippen LogP contribution in [0.2, 0.25) is 0 Å². The van der Waals surface area contributed by atoms with Gasteiger partial charge in [0, 0.05) is 0 Å². The highest BCUT2D eigenvalue weighted by Gasteiger charge is 2.45. The molecule has 0 N–H and O–H groups in total. The quantitative estimate of drug-likeness (QED) is 0.185. The smallest absolute Gasteiger partial charge is 0.373 e. The van der Waals surface area contributed by atoms with Crippen LogP contribution in [0.25, 0.3) is 0 Å². The molecule has 0 aliphatic carbocycles. The molecule has 4 nitrogen and oxygen atoms in total. The van der Waals surface area contributed by atoms with Gasteiger partial charge in [-0.15, -0.1) is 0 Å². The third-order valence-electron chi connectivity index (χ3n) is 5.35. The molecule has 0 aromatic rings. The van der Waals surface area contributed by atoms with Crippen molar-refractivity contribution >= 4 is 37.1 Å². The van der Waals surface area contributed by atoms with Gasteiger partial charge in [0.05, 0.1) is 0 Å². The van der Waals surface area contributed by atoms with Gasteiger partial charge in [-0.25, -0.2) is 0 Å². The van der Waals surface area contributed by atoms with Crippen LogP contribution in [0.5, 0.6) is 0 Å². The summed E-state index contributed by atoms with van der Waals surface area (Å²) in [6.45, 7) is 8.92. The first-order valence-electron chi connectivity index (χ1n) is 12.9. The first-order valence-corrected chi connectivity index (χ1v) is 19.2. The molecule has 1 aliphatic heterocycles. The first kappa shape index (κ1) is 29.7. The summed E-state index contributed by atoms with van der Waals surface area (Å²) in [5, 5.41) is 0. The maximum absolute atomic E-state index is 7.06. The fourth-order valence-corrected chi connectivity index (χ4v) is 15.6. The summed E-state index contributed by atoms with van der Waals surface area (Å²) < 4.78 is 26.1. The largest absolute Gasteiger partial charge is 0.425 e. The van der Waals surface area contributed by atoms with Gasteiger partial charge in [-0.1, -0.05) is 103 Å². The molecular weight excluding hydrogens is 465 g/mol. The van der Waals surface area contributed by atoms with Gasteiger partial charge in [0.25, 0.3) is 20.0 Å². The van der Waals surface area contributed by atoms with Gasteiger partial charge in [0.15, 0.2) is 0 Å². The van der Waals surface area contributed by atoms with E-state index in [1.807, 2.05) is 0 Å². The molecular formula is C24H48O4Si4. The SMILES string of the molecule is CCCCC=C[Si]1(C=CCCCC)O[SiH2]O[SiH2]O[Si](C=CCCCC)(C=CCCCC)O1. The summed E-state index contributed by atoms with van der Waals surface area (Å²) in [6, 6.07) is 0. The standard InChI is InChI=1S/C24H48O4Si4/c1-5-9-13-17-21-31(22-18-14-10-6-2)26-29-25-30-27-32(28-31,23-19-15-11-7-3)24-20-16-12-8-4/h17-24H,5-16,29-30H2,1-4H3. The van der Waals surface area contributed by atoms with Gasteiger partial charge in [-0.05, 0) is 48.5 Å². The molecule has 0 spiro atoms. The van der Waals surface area contributed by atoms with Crippen LogP contribution in [0.3, 0.4) is 0 Å². The van der Waals surface area contributed by atoms with E-state index < -0.39 is 37.1 Å². The van der Waals surface area contributed by atoms with Crippen LogP contribution in [0.15, 0.2) is 47.1 Å². The Balaban J connectivity index is 3.26. The Morgan fingerprint density at radius 3 is 1.12 bits per heavy atom. The zero-order valence-electron chi connectivity index (χ0n) is 21.2. The van der Waals surface area contributed by atoms with Crippen molar-refractivity contribution in [3.05, 3.63) is 47.1 Å². The summed E-state index contributed by atoms with van der Waals surface area (Å²) in [7, 11) is -7.59. The minimum Gasteiger partial charge on any atom is -0.425 e. The Hall–Kier alpha value is -0.332. The van der Waals surface area contributed by atoms with E-state index in [0.29, 0.717) is 0 Å². The number of hydrogen-bond acceptors (Lipinski definition) is 4. The monoisotopic (exact) mass is 512 g/mol. The fraction of sp³-hybridized carbons (Fsp3) is 0.667. The highest BCUT2D eigenvalue weighted by molar-refractivity contribution is 6.93. The molecule has 1 rings (SSSR count). The lowest BCUT2D eigenvalue weighted by molar-refractivity contribution is 0.300. The maximum atomic E-state index is 7.06. The van der Waals surface area contributed by atoms with Crippen LogP contribution in [0.1, 0.15) is 105 Å². The van der Waals surface area contributed by atoms with E-state index in [2.05, 4.69) is 74.8 Å². The molecule has 0 aromatic heterocycles. The second-order valence-corrected chi connectivity index (χ2v) is 17.9. The van der Waals surface area contributed by atoms with E-state index in [1.54, 1.807) is 0 Å². The summed E-state index contributed by atoms with van der Waals surface area (Å²) in [6.07, 6.45) is 22.9. The molecule has 0 radical (unpaired) electrons. The Kier molecular flexibility index (Phi) is 17.7.